The number of hydrogen-bond donors (Lipinski definition) is 1. The van der Waals surface area contributed by atoms with Gasteiger partial charge in [0.2, 0.25) is 0 Å². The van der Waals surface area contributed by atoms with Gasteiger partial charge in [-0.25, -0.2) is 9.78 Å². The van der Waals surface area contributed by atoms with Crippen molar-refractivity contribution in [3.8, 4) is 10.6 Å². The van der Waals surface area contributed by atoms with Crippen LogP contribution in [0.3, 0.4) is 0 Å². The van der Waals surface area contributed by atoms with Gasteiger partial charge in [0.05, 0.1) is 5.02 Å². The number of carboxylic acid groups (broad SMARTS) is 1. The Balaban J connectivity index is 2.58. The van der Waals surface area contributed by atoms with Gasteiger partial charge in [0, 0.05) is 10.0 Å². The fourth-order valence-electron chi connectivity index (χ4n) is 1.41. The van der Waals surface area contributed by atoms with E-state index in [1.54, 1.807) is 0 Å². The van der Waals surface area contributed by atoms with E-state index in [0.29, 0.717) is 26.4 Å². The van der Waals surface area contributed by atoms with Gasteiger partial charge in [-0.05, 0) is 28.1 Å². The maximum atomic E-state index is 12.7. The first-order chi connectivity index (χ1) is 9.20. The predicted molar refractivity (Wildman–Crippen MR) is 72.2 cm³/mol. The lowest BCUT2D eigenvalue weighted by molar-refractivity contribution is -0.141. The molecular formula is C11H4BrClF3NO2S. The van der Waals surface area contributed by atoms with E-state index in [0.717, 1.165) is 0 Å². The SMILES string of the molecule is O=C(O)c1sc(-c2ccc(Cl)c(Br)c2)nc1C(F)(F)F. The number of aromatic nitrogens is 1. The molecule has 1 heterocycles. The van der Waals surface area contributed by atoms with Gasteiger partial charge in [0.15, 0.2) is 5.69 Å². The van der Waals surface area contributed by atoms with E-state index in [9.17, 15) is 18.0 Å². The van der Waals surface area contributed by atoms with E-state index in [1.807, 2.05) is 0 Å². The van der Waals surface area contributed by atoms with Gasteiger partial charge < -0.3 is 5.11 Å². The first kappa shape index (κ1) is 15.3. The number of thiazole rings is 1. The summed E-state index contributed by atoms with van der Waals surface area (Å²) in [6, 6.07) is 4.43. The molecule has 0 amide bonds. The minimum Gasteiger partial charge on any atom is -0.477 e. The van der Waals surface area contributed by atoms with Crippen molar-refractivity contribution in [1.29, 1.82) is 0 Å². The second kappa shape index (κ2) is 5.34. The Morgan fingerprint density at radius 3 is 2.50 bits per heavy atom. The number of hydrogen-bond acceptors (Lipinski definition) is 3. The maximum absolute atomic E-state index is 12.7. The highest BCUT2D eigenvalue weighted by molar-refractivity contribution is 9.10. The molecule has 2 rings (SSSR count). The van der Waals surface area contributed by atoms with Crippen LogP contribution in [0.5, 0.6) is 0 Å². The van der Waals surface area contributed by atoms with Gasteiger partial charge >= 0.3 is 12.1 Å². The molecule has 0 saturated heterocycles. The molecule has 0 radical (unpaired) electrons. The van der Waals surface area contributed by atoms with E-state index in [-0.39, 0.29) is 5.01 Å². The molecule has 0 atom stereocenters. The second-order valence-electron chi connectivity index (χ2n) is 3.63. The molecule has 0 unspecified atom stereocenters. The maximum Gasteiger partial charge on any atom is 0.435 e. The van der Waals surface area contributed by atoms with Crippen LogP contribution in [0.25, 0.3) is 10.6 Å². The van der Waals surface area contributed by atoms with Crippen LogP contribution in [0.1, 0.15) is 15.4 Å². The van der Waals surface area contributed by atoms with Crippen molar-refractivity contribution in [2.24, 2.45) is 0 Å². The third-order valence-electron chi connectivity index (χ3n) is 2.26. The summed E-state index contributed by atoms with van der Waals surface area (Å²) >= 11 is 9.40. The van der Waals surface area contributed by atoms with Gasteiger partial charge in [-0.15, -0.1) is 11.3 Å². The quantitative estimate of drug-likeness (QED) is 0.795. The molecule has 2 aromatic rings. The van der Waals surface area contributed by atoms with E-state index in [4.69, 9.17) is 16.7 Å². The summed E-state index contributed by atoms with van der Waals surface area (Å²) in [7, 11) is 0. The Morgan fingerprint density at radius 2 is 2.05 bits per heavy atom. The lowest BCUT2D eigenvalue weighted by Gasteiger charge is -2.02. The van der Waals surface area contributed by atoms with E-state index in [1.165, 1.54) is 18.2 Å². The fourth-order valence-corrected chi connectivity index (χ4v) is 2.83. The van der Waals surface area contributed by atoms with Crippen LogP contribution in [0.4, 0.5) is 13.2 Å². The summed E-state index contributed by atoms with van der Waals surface area (Å²) in [4.78, 5) is 13.4. The van der Waals surface area contributed by atoms with Crippen LogP contribution in [0, 0.1) is 0 Å². The van der Waals surface area contributed by atoms with Crippen molar-refractivity contribution in [1.82, 2.24) is 4.98 Å². The van der Waals surface area contributed by atoms with Gasteiger partial charge in [0.25, 0.3) is 0 Å². The lowest BCUT2D eigenvalue weighted by Crippen LogP contribution is -2.11. The van der Waals surface area contributed by atoms with Crippen LogP contribution < -0.4 is 0 Å². The zero-order chi connectivity index (χ0) is 15.1. The number of alkyl halides is 3. The summed E-state index contributed by atoms with van der Waals surface area (Å²) in [5, 5.41) is 9.18. The van der Waals surface area contributed by atoms with Gasteiger partial charge in [-0.3, -0.25) is 0 Å². The van der Waals surface area contributed by atoms with E-state index >= 15 is 0 Å². The van der Waals surface area contributed by atoms with Crippen LogP contribution in [-0.2, 0) is 6.18 Å². The number of aromatic carboxylic acids is 1. The van der Waals surface area contributed by atoms with Crippen molar-refractivity contribution in [3.63, 3.8) is 0 Å². The highest BCUT2D eigenvalue weighted by atomic mass is 79.9. The number of carbonyl (C=O) groups is 1. The zero-order valence-electron chi connectivity index (χ0n) is 9.33. The van der Waals surface area contributed by atoms with Gasteiger partial charge in [0.1, 0.15) is 9.88 Å². The Hall–Kier alpha value is -1.12. The molecule has 3 nitrogen and oxygen atoms in total. The molecule has 0 fully saturated rings. The summed E-state index contributed by atoms with van der Waals surface area (Å²) in [5.74, 6) is -1.66. The standard InChI is InChI=1S/C11H4BrClF3NO2S/c12-5-3-4(1-2-6(5)13)9-17-8(11(14,15)16)7(20-9)10(18)19/h1-3H,(H,18,19). The van der Waals surface area contributed by atoms with Crippen molar-refractivity contribution < 1.29 is 23.1 Å². The summed E-state index contributed by atoms with van der Waals surface area (Å²) < 4.78 is 38.7. The first-order valence-electron chi connectivity index (χ1n) is 4.97. The molecule has 0 bridgehead atoms. The van der Waals surface area contributed by atoms with Crippen LogP contribution in [0.2, 0.25) is 5.02 Å². The Labute approximate surface area is 128 Å². The molecule has 9 heteroatoms. The third kappa shape index (κ3) is 2.97. The predicted octanol–water partition coefficient (Wildman–Crippen LogP) is 4.94. The van der Waals surface area contributed by atoms with Crippen molar-refractivity contribution in [3.05, 3.63) is 38.3 Å². The number of carboxylic acids is 1. The fraction of sp³-hybridized carbons (Fsp3) is 0.0909. The number of halogens is 5. The third-order valence-corrected chi connectivity index (χ3v) is 4.56. The molecule has 1 N–H and O–H groups in total. The van der Waals surface area contributed by atoms with Crippen LogP contribution in [0.15, 0.2) is 22.7 Å². The molecule has 0 aliphatic carbocycles. The second-order valence-corrected chi connectivity index (χ2v) is 5.89. The minimum absolute atomic E-state index is 0.0351. The monoisotopic (exact) mass is 385 g/mol. The molecule has 106 valence electrons. The average Bonchev–Trinajstić information content (AvgIpc) is 2.77. The van der Waals surface area contributed by atoms with Crippen LogP contribution in [-0.4, -0.2) is 16.1 Å². The highest BCUT2D eigenvalue weighted by Gasteiger charge is 2.39. The normalized spacial score (nSPS) is 11.7. The van der Waals surface area contributed by atoms with Crippen molar-refractivity contribution in [2.75, 3.05) is 0 Å². The topological polar surface area (TPSA) is 50.2 Å². The lowest BCUT2D eigenvalue weighted by atomic mass is 10.2. The van der Waals surface area contributed by atoms with Gasteiger partial charge in [-0.2, -0.15) is 13.2 Å². The summed E-state index contributed by atoms with van der Waals surface area (Å²) in [5.41, 5.74) is -1.04. The molecule has 1 aromatic carbocycles. The Kier molecular flexibility index (Phi) is 4.08. The summed E-state index contributed by atoms with van der Waals surface area (Å²) in [6.07, 6.45) is -4.81. The number of nitrogens with zero attached hydrogens (tertiary/aromatic N) is 1. The molecule has 1 aromatic heterocycles. The summed E-state index contributed by atoms with van der Waals surface area (Å²) in [6.45, 7) is 0. The van der Waals surface area contributed by atoms with Crippen LogP contribution >= 0.6 is 38.9 Å². The number of rotatable bonds is 2. The number of benzene rings is 1. The van der Waals surface area contributed by atoms with Gasteiger partial charge in [-0.1, -0.05) is 17.7 Å². The molecule has 20 heavy (non-hydrogen) atoms. The first-order valence-corrected chi connectivity index (χ1v) is 6.95. The van der Waals surface area contributed by atoms with Crippen molar-refractivity contribution >= 4 is 44.8 Å². The Morgan fingerprint density at radius 1 is 1.40 bits per heavy atom. The van der Waals surface area contributed by atoms with E-state index < -0.39 is 22.7 Å². The molecule has 0 saturated carbocycles. The molecule has 0 spiro atoms. The van der Waals surface area contributed by atoms with E-state index in [2.05, 4.69) is 20.9 Å². The molecule has 0 aliphatic heterocycles. The van der Waals surface area contributed by atoms with Crippen molar-refractivity contribution in [2.45, 2.75) is 6.18 Å². The smallest absolute Gasteiger partial charge is 0.435 e. The minimum atomic E-state index is -4.81. The average molecular weight is 387 g/mol. The molecule has 0 aliphatic rings. The Bertz CT molecular complexity index is 687. The molecular weight excluding hydrogens is 383 g/mol. The zero-order valence-corrected chi connectivity index (χ0v) is 12.5. The highest BCUT2D eigenvalue weighted by Crippen LogP contribution is 2.38. The largest absolute Gasteiger partial charge is 0.477 e.